The molecule has 22 heavy (non-hydrogen) atoms. The fourth-order valence-corrected chi connectivity index (χ4v) is 3.82. The van der Waals surface area contributed by atoms with Crippen molar-refractivity contribution in [2.24, 2.45) is 4.99 Å². The number of carbonyl (C=O) groups is 1. The van der Waals surface area contributed by atoms with Crippen molar-refractivity contribution in [3.05, 3.63) is 39.0 Å². The summed E-state index contributed by atoms with van der Waals surface area (Å²) in [7, 11) is 0. The standard InChI is InChI=1S/C14H12Cl2N2O3S/c1-2-18-11-8(15)3-4-9(16)12(11)22-14(18)17-13(19)10-7-20-5-6-21-10/h3-4,7H,2,5-6H2,1H3. The summed E-state index contributed by atoms with van der Waals surface area (Å²) in [6, 6.07) is 3.46. The monoisotopic (exact) mass is 358 g/mol. The van der Waals surface area contributed by atoms with Gasteiger partial charge in [-0.2, -0.15) is 4.99 Å². The molecule has 116 valence electrons. The Kier molecular flexibility index (Phi) is 4.42. The maximum atomic E-state index is 12.2. The van der Waals surface area contributed by atoms with Crippen LogP contribution in [0.1, 0.15) is 6.92 Å². The summed E-state index contributed by atoms with van der Waals surface area (Å²) < 4.78 is 13.0. The minimum atomic E-state index is -0.485. The molecule has 0 fully saturated rings. The predicted molar refractivity (Wildman–Crippen MR) is 86.1 cm³/mol. The molecule has 1 aliphatic heterocycles. The summed E-state index contributed by atoms with van der Waals surface area (Å²) in [5.74, 6) is -0.385. The first kappa shape index (κ1) is 15.4. The van der Waals surface area contributed by atoms with Crippen molar-refractivity contribution in [3.8, 4) is 0 Å². The molecule has 0 bridgehead atoms. The predicted octanol–water partition coefficient (Wildman–Crippen LogP) is 3.35. The maximum Gasteiger partial charge on any atom is 0.317 e. The van der Waals surface area contributed by atoms with Crippen molar-refractivity contribution < 1.29 is 14.3 Å². The lowest BCUT2D eigenvalue weighted by atomic mass is 10.3. The van der Waals surface area contributed by atoms with Crippen molar-refractivity contribution in [2.45, 2.75) is 13.5 Å². The molecule has 0 radical (unpaired) electrons. The van der Waals surface area contributed by atoms with Gasteiger partial charge in [-0.05, 0) is 19.1 Å². The topological polar surface area (TPSA) is 52.8 Å². The second-order valence-corrected chi connectivity index (χ2v) is 6.25. The van der Waals surface area contributed by atoms with Crippen LogP contribution in [0.25, 0.3) is 10.2 Å². The van der Waals surface area contributed by atoms with Gasteiger partial charge in [0.15, 0.2) is 4.80 Å². The van der Waals surface area contributed by atoms with E-state index in [0.717, 1.165) is 10.2 Å². The van der Waals surface area contributed by atoms with Crippen LogP contribution in [0.5, 0.6) is 0 Å². The quantitative estimate of drug-likeness (QED) is 0.826. The number of halogens is 2. The highest BCUT2D eigenvalue weighted by Gasteiger charge is 2.17. The molecule has 1 aliphatic rings. The molecule has 2 heterocycles. The number of nitrogens with zero attached hydrogens (tertiary/aromatic N) is 2. The van der Waals surface area contributed by atoms with Gasteiger partial charge in [0.2, 0.25) is 5.76 Å². The summed E-state index contributed by atoms with van der Waals surface area (Å²) in [6.45, 7) is 3.33. The highest BCUT2D eigenvalue weighted by molar-refractivity contribution is 7.17. The molecule has 2 aromatic rings. The molecule has 1 aromatic carbocycles. The molecule has 0 unspecified atom stereocenters. The van der Waals surface area contributed by atoms with Gasteiger partial charge in [0, 0.05) is 6.54 Å². The number of aromatic nitrogens is 1. The number of hydrogen-bond acceptors (Lipinski definition) is 4. The number of ether oxygens (including phenoxy) is 2. The summed E-state index contributed by atoms with van der Waals surface area (Å²) in [4.78, 5) is 16.8. The van der Waals surface area contributed by atoms with Gasteiger partial charge in [-0.1, -0.05) is 34.5 Å². The third-order valence-electron chi connectivity index (χ3n) is 3.10. The molecular formula is C14H12Cl2N2O3S. The van der Waals surface area contributed by atoms with Gasteiger partial charge in [-0.15, -0.1) is 0 Å². The zero-order chi connectivity index (χ0) is 15.7. The first-order valence-electron chi connectivity index (χ1n) is 6.62. The Bertz CT molecular complexity index is 838. The molecular weight excluding hydrogens is 347 g/mol. The largest absolute Gasteiger partial charge is 0.494 e. The van der Waals surface area contributed by atoms with Gasteiger partial charge in [0.25, 0.3) is 0 Å². The molecule has 0 N–H and O–H groups in total. The van der Waals surface area contributed by atoms with Crippen LogP contribution in [0.15, 0.2) is 29.1 Å². The molecule has 8 heteroatoms. The van der Waals surface area contributed by atoms with Crippen LogP contribution < -0.4 is 4.80 Å². The third kappa shape index (κ3) is 2.74. The van der Waals surface area contributed by atoms with E-state index in [9.17, 15) is 4.79 Å². The Morgan fingerprint density at radius 1 is 1.36 bits per heavy atom. The van der Waals surface area contributed by atoms with Crippen molar-refractivity contribution in [2.75, 3.05) is 13.2 Å². The van der Waals surface area contributed by atoms with Crippen LogP contribution in [0.4, 0.5) is 0 Å². The molecule has 0 saturated carbocycles. The molecule has 0 atom stereocenters. The minimum Gasteiger partial charge on any atom is -0.494 e. The number of carbonyl (C=O) groups excluding carboxylic acids is 1. The second-order valence-electron chi connectivity index (χ2n) is 4.45. The lowest BCUT2D eigenvalue weighted by Gasteiger charge is -2.12. The van der Waals surface area contributed by atoms with E-state index in [0.29, 0.717) is 34.6 Å². The van der Waals surface area contributed by atoms with Crippen molar-refractivity contribution in [1.29, 1.82) is 0 Å². The van der Waals surface area contributed by atoms with E-state index in [1.165, 1.54) is 17.6 Å². The molecule has 5 nitrogen and oxygen atoms in total. The van der Waals surface area contributed by atoms with Gasteiger partial charge >= 0.3 is 5.91 Å². The van der Waals surface area contributed by atoms with Crippen molar-refractivity contribution >= 4 is 50.7 Å². The fourth-order valence-electron chi connectivity index (χ4n) is 2.11. The average molecular weight is 359 g/mol. The smallest absolute Gasteiger partial charge is 0.317 e. The molecule has 0 aliphatic carbocycles. The highest BCUT2D eigenvalue weighted by Crippen LogP contribution is 2.31. The fraction of sp³-hybridized carbons (Fsp3) is 0.286. The van der Waals surface area contributed by atoms with Crippen LogP contribution in [0, 0.1) is 0 Å². The average Bonchev–Trinajstić information content (AvgIpc) is 2.91. The number of thiazole rings is 1. The van der Waals surface area contributed by atoms with Crippen molar-refractivity contribution in [1.82, 2.24) is 4.57 Å². The summed E-state index contributed by atoms with van der Waals surface area (Å²) in [6.07, 6.45) is 1.29. The van der Waals surface area contributed by atoms with Crippen LogP contribution in [-0.4, -0.2) is 23.7 Å². The van der Waals surface area contributed by atoms with Gasteiger partial charge in [0.1, 0.15) is 19.5 Å². The number of amides is 1. The zero-order valence-electron chi connectivity index (χ0n) is 11.6. The van der Waals surface area contributed by atoms with E-state index in [4.69, 9.17) is 32.7 Å². The van der Waals surface area contributed by atoms with Gasteiger partial charge in [-0.3, -0.25) is 4.79 Å². The first-order chi connectivity index (χ1) is 10.6. The Labute approximate surface area is 140 Å². The van der Waals surface area contributed by atoms with Crippen LogP contribution in [0.2, 0.25) is 10.0 Å². The molecule has 1 amide bonds. The van der Waals surface area contributed by atoms with E-state index < -0.39 is 5.91 Å². The van der Waals surface area contributed by atoms with Gasteiger partial charge in [0.05, 0.1) is 20.3 Å². The van der Waals surface area contributed by atoms with Gasteiger partial charge in [-0.25, -0.2) is 0 Å². The second kappa shape index (κ2) is 6.32. The van der Waals surface area contributed by atoms with Crippen LogP contribution in [-0.2, 0) is 20.8 Å². The Hall–Kier alpha value is -1.50. The SMILES string of the molecule is CCn1c(=NC(=O)C2=COCCO2)sc2c(Cl)ccc(Cl)c21. The number of benzene rings is 1. The summed E-state index contributed by atoms with van der Waals surface area (Å²) >= 11 is 13.8. The van der Waals surface area contributed by atoms with Crippen LogP contribution >= 0.6 is 34.5 Å². The lowest BCUT2D eigenvalue weighted by Crippen LogP contribution is -2.19. The normalized spacial score (nSPS) is 15.4. The number of fused-ring (bicyclic) bond motifs is 1. The van der Waals surface area contributed by atoms with Crippen molar-refractivity contribution in [3.63, 3.8) is 0 Å². The van der Waals surface area contributed by atoms with E-state index in [-0.39, 0.29) is 5.76 Å². The third-order valence-corrected chi connectivity index (χ3v) is 4.95. The number of hydrogen-bond donors (Lipinski definition) is 0. The zero-order valence-corrected chi connectivity index (χ0v) is 14.0. The molecule has 0 spiro atoms. The minimum absolute atomic E-state index is 0.101. The number of aryl methyl sites for hydroxylation is 1. The van der Waals surface area contributed by atoms with Gasteiger partial charge < -0.3 is 14.0 Å². The molecule has 1 aromatic heterocycles. The number of rotatable bonds is 2. The lowest BCUT2D eigenvalue weighted by molar-refractivity contribution is -0.119. The first-order valence-corrected chi connectivity index (χ1v) is 8.20. The highest BCUT2D eigenvalue weighted by atomic mass is 35.5. The maximum absolute atomic E-state index is 12.2. The van der Waals surface area contributed by atoms with E-state index in [1.54, 1.807) is 12.1 Å². The summed E-state index contributed by atoms with van der Waals surface area (Å²) in [5, 5.41) is 1.15. The van der Waals surface area contributed by atoms with E-state index >= 15 is 0 Å². The Balaban J connectivity index is 2.16. The van der Waals surface area contributed by atoms with E-state index in [1.807, 2.05) is 11.5 Å². The Morgan fingerprint density at radius 3 is 2.82 bits per heavy atom. The van der Waals surface area contributed by atoms with Crippen LogP contribution in [0.3, 0.4) is 0 Å². The Morgan fingerprint density at radius 2 is 2.14 bits per heavy atom. The molecule has 3 rings (SSSR count). The van der Waals surface area contributed by atoms with E-state index in [2.05, 4.69) is 4.99 Å². The molecule has 0 saturated heterocycles. The summed E-state index contributed by atoms with van der Waals surface area (Å²) in [5.41, 5.74) is 0.781.